The summed E-state index contributed by atoms with van der Waals surface area (Å²) in [7, 11) is 1.84. The average Bonchev–Trinajstić information content (AvgIpc) is 3.01. The first-order valence-corrected chi connectivity index (χ1v) is 9.93. The Hall–Kier alpha value is -0.630. The molecule has 1 atom stereocenters. The molecule has 136 valence electrons. The van der Waals surface area contributed by atoms with E-state index in [9.17, 15) is 0 Å². The van der Waals surface area contributed by atoms with E-state index in [-0.39, 0.29) is 24.0 Å². The van der Waals surface area contributed by atoms with Crippen molar-refractivity contribution >= 4 is 47.4 Å². The molecule has 24 heavy (non-hydrogen) atoms. The predicted octanol–water partition coefficient (Wildman–Crippen LogP) is 3.36. The lowest BCUT2D eigenvalue weighted by molar-refractivity contribution is 0.623. The van der Waals surface area contributed by atoms with Crippen LogP contribution in [0.1, 0.15) is 25.3 Å². The second-order valence-electron chi connectivity index (χ2n) is 6.00. The minimum Gasteiger partial charge on any atom is -0.366 e. The zero-order chi connectivity index (χ0) is 16.5. The maximum absolute atomic E-state index is 4.32. The molecule has 6 heteroatoms. The van der Waals surface area contributed by atoms with Gasteiger partial charge in [0, 0.05) is 38.4 Å². The first-order chi connectivity index (χ1) is 11.3. The number of nitrogens with one attached hydrogen (secondary N) is 2. The molecule has 1 aromatic rings. The smallest absolute Gasteiger partial charge is 0.191 e. The summed E-state index contributed by atoms with van der Waals surface area (Å²) in [5.74, 6) is 2.15. The fraction of sp³-hybridized carbons (Fsp3) is 0.611. The van der Waals surface area contributed by atoms with Crippen LogP contribution in [-0.2, 0) is 6.42 Å². The third-order valence-corrected chi connectivity index (χ3v) is 5.01. The van der Waals surface area contributed by atoms with E-state index in [1.807, 2.05) is 18.8 Å². The van der Waals surface area contributed by atoms with Gasteiger partial charge in [-0.25, -0.2) is 0 Å². The summed E-state index contributed by atoms with van der Waals surface area (Å²) in [6.45, 7) is 5.28. The van der Waals surface area contributed by atoms with Gasteiger partial charge in [0.15, 0.2) is 5.96 Å². The van der Waals surface area contributed by atoms with Gasteiger partial charge in [-0.2, -0.15) is 11.8 Å². The van der Waals surface area contributed by atoms with Crippen molar-refractivity contribution in [1.29, 1.82) is 0 Å². The van der Waals surface area contributed by atoms with Crippen molar-refractivity contribution in [1.82, 2.24) is 10.6 Å². The standard InChI is InChI=1S/C18H30N4S.HI/c1-15(22-12-10-16-8-4-5-9-17(16)22)14-21-18(19-2)20-11-6-7-13-23-3;/h4-5,8-9,15H,6-7,10-14H2,1-3H3,(H2,19,20,21);1H. The minimum atomic E-state index is 0. The summed E-state index contributed by atoms with van der Waals surface area (Å²) in [5, 5.41) is 6.86. The Morgan fingerprint density at radius 2 is 2.08 bits per heavy atom. The van der Waals surface area contributed by atoms with E-state index < -0.39 is 0 Å². The normalized spacial score (nSPS) is 14.8. The second kappa shape index (κ2) is 11.8. The molecule has 1 aliphatic rings. The van der Waals surface area contributed by atoms with Gasteiger partial charge in [0.2, 0.25) is 0 Å². The maximum atomic E-state index is 4.32. The molecular weight excluding hydrogens is 431 g/mol. The lowest BCUT2D eigenvalue weighted by atomic mass is 10.2. The molecule has 4 nitrogen and oxygen atoms in total. The Bertz CT molecular complexity index is 510. The van der Waals surface area contributed by atoms with Gasteiger partial charge in [-0.3, -0.25) is 4.99 Å². The highest BCUT2D eigenvalue weighted by Crippen LogP contribution is 2.28. The van der Waals surface area contributed by atoms with Gasteiger partial charge in [0.1, 0.15) is 0 Å². The molecule has 0 aliphatic carbocycles. The van der Waals surface area contributed by atoms with Crippen LogP contribution in [0.15, 0.2) is 29.3 Å². The van der Waals surface area contributed by atoms with Crippen LogP contribution in [0.2, 0.25) is 0 Å². The molecule has 0 fully saturated rings. The molecule has 0 aromatic heterocycles. The highest BCUT2D eigenvalue weighted by Gasteiger charge is 2.22. The van der Waals surface area contributed by atoms with Crippen molar-refractivity contribution < 1.29 is 0 Å². The van der Waals surface area contributed by atoms with Crippen molar-refractivity contribution in [2.75, 3.05) is 43.6 Å². The van der Waals surface area contributed by atoms with E-state index in [4.69, 9.17) is 0 Å². The zero-order valence-corrected chi connectivity index (χ0v) is 18.2. The molecule has 0 radical (unpaired) electrons. The maximum Gasteiger partial charge on any atom is 0.191 e. The quantitative estimate of drug-likeness (QED) is 0.269. The van der Waals surface area contributed by atoms with Crippen LogP contribution < -0.4 is 15.5 Å². The number of fused-ring (bicyclic) bond motifs is 1. The van der Waals surface area contributed by atoms with Crippen molar-refractivity contribution in [3.8, 4) is 0 Å². The van der Waals surface area contributed by atoms with Crippen molar-refractivity contribution in [2.45, 2.75) is 32.2 Å². The fourth-order valence-electron chi connectivity index (χ4n) is 2.97. The van der Waals surface area contributed by atoms with Gasteiger partial charge in [-0.05, 0) is 49.8 Å². The Morgan fingerprint density at radius 3 is 2.83 bits per heavy atom. The molecule has 0 saturated heterocycles. The first kappa shape index (κ1) is 21.4. The van der Waals surface area contributed by atoms with Gasteiger partial charge >= 0.3 is 0 Å². The van der Waals surface area contributed by atoms with Crippen LogP contribution in [0, 0.1) is 0 Å². The van der Waals surface area contributed by atoms with Gasteiger partial charge in [0.05, 0.1) is 0 Å². The third kappa shape index (κ3) is 6.35. The van der Waals surface area contributed by atoms with E-state index in [1.165, 1.54) is 29.8 Å². The Morgan fingerprint density at radius 1 is 1.29 bits per heavy atom. The molecule has 2 rings (SSSR count). The number of aliphatic imine (C=N–C) groups is 1. The van der Waals surface area contributed by atoms with Crippen LogP contribution in [0.25, 0.3) is 0 Å². The zero-order valence-electron chi connectivity index (χ0n) is 15.0. The monoisotopic (exact) mass is 462 g/mol. The number of benzene rings is 1. The number of nitrogens with zero attached hydrogens (tertiary/aromatic N) is 2. The molecule has 1 aliphatic heterocycles. The van der Waals surface area contributed by atoms with Gasteiger partial charge in [-0.15, -0.1) is 24.0 Å². The third-order valence-electron chi connectivity index (χ3n) is 4.31. The van der Waals surface area contributed by atoms with Crippen LogP contribution in [-0.4, -0.2) is 50.7 Å². The lowest BCUT2D eigenvalue weighted by Crippen LogP contribution is -2.45. The summed E-state index contributed by atoms with van der Waals surface area (Å²) in [4.78, 5) is 6.81. The van der Waals surface area contributed by atoms with E-state index >= 15 is 0 Å². The largest absolute Gasteiger partial charge is 0.366 e. The summed E-state index contributed by atoms with van der Waals surface area (Å²) in [6.07, 6.45) is 5.76. The number of guanidine groups is 1. The van der Waals surface area contributed by atoms with Gasteiger partial charge < -0.3 is 15.5 Å². The average molecular weight is 462 g/mol. The number of hydrogen-bond acceptors (Lipinski definition) is 3. The molecule has 0 saturated carbocycles. The second-order valence-corrected chi connectivity index (χ2v) is 6.99. The first-order valence-electron chi connectivity index (χ1n) is 8.54. The fourth-order valence-corrected chi connectivity index (χ4v) is 3.47. The SMILES string of the molecule is CN=C(NCCCCSC)NCC(C)N1CCc2ccccc21.I. The molecule has 1 heterocycles. The van der Waals surface area contributed by atoms with Crippen LogP contribution in [0.3, 0.4) is 0 Å². The molecule has 1 unspecified atom stereocenters. The number of halogens is 1. The van der Waals surface area contributed by atoms with E-state index in [2.05, 4.69) is 58.0 Å². The van der Waals surface area contributed by atoms with E-state index in [1.54, 1.807) is 0 Å². The Kier molecular flexibility index (Phi) is 10.6. The molecule has 0 bridgehead atoms. The van der Waals surface area contributed by atoms with Crippen LogP contribution in [0.4, 0.5) is 5.69 Å². The van der Waals surface area contributed by atoms with Gasteiger partial charge in [0.25, 0.3) is 0 Å². The number of hydrogen-bond donors (Lipinski definition) is 2. The number of unbranched alkanes of at least 4 members (excludes halogenated alkanes) is 1. The van der Waals surface area contributed by atoms with Crippen LogP contribution in [0.5, 0.6) is 0 Å². The summed E-state index contributed by atoms with van der Waals surface area (Å²) in [5.41, 5.74) is 2.86. The minimum absolute atomic E-state index is 0. The number of para-hydroxylation sites is 1. The number of thioether (sulfide) groups is 1. The van der Waals surface area contributed by atoms with Gasteiger partial charge in [-0.1, -0.05) is 18.2 Å². The van der Waals surface area contributed by atoms with E-state index in [0.29, 0.717) is 6.04 Å². The topological polar surface area (TPSA) is 39.7 Å². The molecular formula is C18H31IN4S. The molecule has 0 amide bonds. The summed E-state index contributed by atoms with van der Waals surface area (Å²) in [6, 6.07) is 9.19. The van der Waals surface area contributed by atoms with Crippen LogP contribution >= 0.6 is 35.7 Å². The van der Waals surface area contributed by atoms with Crippen molar-refractivity contribution in [3.05, 3.63) is 29.8 Å². The Labute approximate surface area is 168 Å². The molecule has 0 spiro atoms. The summed E-state index contributed by atoms with van der Waals surface area (Å²) < 4.78 is 0. The van der Waals surface area contributed by atoms with Crippen molar-refractivity contribution in [2.24, 2.45) is 4.99 Å². The highest BCUT2D eigenvalue weighted by molar-refractivity contribution is 14.0. The van der Waals surface area contributed by atoms with Crippen molar-refractivity contribution in [3.63, 3.8) is 0 Å². The van der Waals surface area contributed by atoms with E-state index in [0.717, 1.165) is 32.0 Å². The summed E-state index contributed by atoms with van der Waals surface area (Å²) >= 11 is 1.91. The molecule has 1 aromatic carbocycles. The predicted molar refractivity (Wildman–Crippen MR) is 119 cm³/mol. The highest BCUT2D eigenvalue weighted by atomic mass is 127. The number of anilines is 1. The Balaban J connectivity index is 0.00000288. The molecule has 2 N–H and O–H groups in total. The lowest BCUT2D eigenvalue weighted by Gasteiger charge is -2.28. The number of rotatable bonds is 8.